The third-order valence-electron chi connectivity index (χ3n) is 5.32. The number of aromatic nitrogens is 2. The molecule has 0 bridgehead atoms. The zero-order valence-electron chi connectivity index (χ0n) is 16.7. The zero-order chi connectivity index (χ0) is 20.1. The third-order valence-corrected chi connectivity index (χ3v) is 5.32. The topological polar surface area (TPSA) is 58.1 Å². The quantitative estimate of drug-likeness (QED) is 0.702. The molecule has 0 spiro atoms. The van der Waals surface area contributed by atoms with Gasteiger partial charge in [0.05, 0.1) is 11.4 Å². The van der Waals surface area contributed by atoms with Crippen molar-refractivity contribution in [2.24, 2.45) is 0 Å². The summed E-state index contributed by atoms with van der Waals surface area (Å²) in [7, 11) is 0. The second-order valence-corrected chi connectivity index (χ2v) is 7.61. The van der Waals surface area contributed by atoms with Gasteiger partial charge in [-0.1, -0.05) is 42.5 Å². The van der Waals surface area contributed by atoms with Crippen molar-refractivity contribution in [3.63, 3.8) is 0 Å². The van der Waals surface area contributed by atoms with E-state index >= 15 is 0 Å². The molecule has 1 aliphatic rings. The predicted molar refractivity (Wildman–Crippen MR) is 115 cm³/mol. The van der Waals surface area contributed by atoms with E-state index in [0.717, 1.165) is 55.1 Å². The molecular formula is C24H26N4O. The normalized spacial score (nSPS) is 17.1. The van der Waals surface area contributed by atoms with Crippen molar-refractivity contribution in [3.05, 3.63) is 78.2 Å². The predicted octanol–water partition coefficient (Wildman–Crippen LogP) is 4.48. The van der Waals surface area contributed by atoms with Gasteiger partial charge in [-0.15, -0.1) is 0 Å². The summed E-state index contributed by atoms with van der Waals surface area (Å²) >= 11 is 0. The number of carbonyl (C=O) groups excluding carboxylic acids is 1. The van der Waals surface area contributed by atoms with Gasteiger partial charge in [0.15, 0.2) is 0 Å². The van der Waals surface area contributed by atoms with Crippen molar-refractivity contribution in [3.8, 4) is 11.3 Å². The Labute approximate surface area is 171 Å². The summed E-state index contributed by atoms with van der Waals surface area (Å²) in [6.07, 6.45) is 5.79. The lowest BCUT2D eigenvalue weighted by Crippen LogP contribution is -2.34. The fraction of sp³-hybridized carbons (Fsp3) is 0.292. The standard InChI is InChI=1S/C24H26N4O/c1-18(29)27-22-11-5-9-20(15-22)23-24(26-13-12-25-23)21-10-6-14-28(17-21)16-19-7-3-2-4-8-19/h2-5,7-9,11-13,15,21H,6,10,14,16-17H2,1H3,(H,27,29). The molecule has 3 aromatic rings. The van der Waals surface area contributed by atoms with Gasteiger partial charge in [0.2, 0.25) is 5.91 Å². The van der Waals surface area contributed by atoms with Crippen molar-refractivity contribution < 1.29 is 4.79 Å². The van der Waals surface area contributed by atoms with Crippen LogP contribution in [0.3, 0.4) is 0 Å². The lowest BCUT2D eigenvalue weighted by atomic mass is 9.91. The Kier molecular flexibility index (Phi) is 5.96. The summed E-state index contributed by atoms with van der Waals surface area (Å²) in [5.74, 6) is 0.269. The fourth-order valence-electron chi connectivity index (χ4n) is 4.08. The first-order valence-corrected chi connectivity index (χ1v) is 10.1. The van der Waals surface area contributed by atoms with E-state index in [1.165, 1.54) is 12.5 Å². The number of nitrogens with zero attached hydrogens (tertiary/aromatic N) is 3. The third kappa shape index (κ3) is 4.87. The molecule has 1 saturated heterocycles. The molecular weight excluding hydrogens is 360 g/mol. The minimum atomic E-state index is -0.0784. The van der Waals surface area contributed by atoms with Crippen molar-refractivity contribution in [1.29, 1.82) is 0 Å². The fourth-order valence-corrected chi connectivity index (χ4v) is 4.08. The van der Waals surface area contributed by atoms with Crippen molar-refractivity contribution >= 4 is 11.6 Å². The van der Waals surface area contributed by atoms with Gasteiger partial charge in [0.25, 0.3) is 0 Å². The smallest absolute Gasteiger partial charge is 0.221 e. The summed E-state index contributed by atoms with van der Waals surface area (Å²) < 4.78 is 0. The van der Waals surface area contributed by atoms with Crippen LogP contribution < -0.4 is 5.32 Å². The zero-order valence-corrected chi connectivity index (χ0v) is 16.7. The van der Waals surface area contributed by atoms with Crippen LogP contribution >= 0.6 is 0 Å². The highest BCUT2D eigenvalue weighted by atomic mass is 16.1. The first kappa shape index (κ1) is 19.3. The van der Waals surface area contributed by atoms with Crippen LogP contribution in [0.2, 0.25) is 0 Å². The highest BCUT2D eigenvalue weighted by molar-refractivity contribution is 5.89. The van der Waals surface area contributed by atoms with Crippen molar-refractivity contribution in [1.82, 2.24) is 14.9 Å². The van der Waals surface area contributed by atoms with Gasteiger partial charge in [-0.25, -0.2) is 0 Å². The lowest BCUT2D eigenvalue weighted by molar-refractivity contribution is -0.114. The van der Waals surface area contributed by atoms with Crippen LogP contribution in [0, 0.1) is 0 Å². The van der Waals surface area contributed by atoms with Crippen LogP contribution in [-0.4, -0.2) is 33.9 Å². The van der Waals surface area contributed by atoms with Crippen LogP contribution in [0.5, 0.6) is 0 Å². The molecule has 4 rings (SSSR count). The number of anilines is 1. The number of carbonyl (C=O) groups is 1. The van der Waals surface area contributed by atoms with E-state index in [9.17, 15) is 4.79 Å². The van der Waals surface area contributed by atoms with Gasteiger partial charge in [0.1, 0.15) is 0 Å². The SMILES string of the molecule is CC(=O)Nc1cccc(-c2nccnc2C2CCCN(Cc3ccccc3)C2)c1. The van der Waals surface area contributed by atoms with Gasteiger partial charge in [-0.2, -0.15) is 0 Å². The Hall–Kier alpha value is -3.05. The summed E-state index contributed by atoms with van der Waals surface area (Å²) in [5, 5.41) is 2.85. The number of rotatable bonds is 5. The maximum absolute atomic E-state index is 11.4. The van der Waals surface area contributed by atoms with Crippen molar-refractivity contribution in [2.45, 2.75) is 32.2 Å². The Morgan fingerprint density at radius 3 is 2.76 bits per heavy atom. The second kappa shape index (κ2) is 8.97. The number of hydrogen-bond donors (Lipinski definition) is 1. The largest absolute Gasteiger partial charge is 0.326 e. The molecule has 1 unspecified atom stereocenters. The molecule has 0 radical (unpaired) electrons. The van der Waals surface area contributed by atoms with Gasteiger partial charge in [-0.05, 0) is 37.1 Å². The Morgan fingerprint density at radius 2 is 1.93 bits per heavy atom. The first-order chi connectivity index (χ1) is 14.2. The molecule has 0 aliphatic carbocycles. The molecule has 29 heavy (non-hydrogen) atoms. The Bertz CT molecular complexity index is 973. The average Bonchev–Trinajstić information content (AvgIpc) is 2.74. The number of hydrogen-bond acceptors (Lipinski definition) is 4. The molecule has 1 atom stereocenters. The molecule has 2 heterocycles. The van der Waals surface area contributed by atoms with Crippen LogP contribution in [-0.2, 0) is 11.3 Å². The molecule has 148 valence electrons. The Morgan fingerprint density at radius 1 is 1.10 bits per heavy atom. The van der Waals surface area contributed by atoms with E-state index in [1.54, 1.807) is 12.4 Å². The van der Waals surface area contributed by atoms with E-state index in [0.29, 0.717) is 5.92 Å². The second-order valence-electron chi connectivity index (χ2n) is 7.61. The van der Waals surface area contributed by atoms with E-state index in [1.807, 2.05) is 24.3 Å². The molecule has 2 aromatic carbocycles. The summed E-state index contributed by atoms with van der Waals surface area (Å²) in [5.41, 5.74) is 5.06. The summed E-state index contributed by atoms with van der Waals surface area (Å²) in [6.45, 7) is 4.57. The summed E-state index contributed by atoms with van der Waals surface area (Å²) in [4.78, 5) is 23.3. The number of nitrogens with one attached hydrogen (secondary N) is 1. The van der Waals surface area contributed by atoms with E-state index in [4.69, 9.17) is 4.98 Å². The van der Waals surface area contributed by atoms with Crippen LogP contribution in [0.15, 0.2) is 67.0 Å². The number of benzene rings is 2. The van der Waals surface area contributed by atoms with E-state index in [2.05, 4.69) is 45.5 Å². The van der Waals surface area contributed by atoms with Crippen molar-refractivity contribution in [2.75, 3.05) is 18.4 Å². The monoisotopic (exact) mass is 386 g/mol. The molecule has 1 aliphatic heterocycles. The maximum atomic E-state index is 11.4. The molecule has 5 nitrogen and oxygen atoms in total. The summed E-state index contributed by atoms with van der Waals surface area (Å²) in [6, 6.07) is 18.5. The van der Waals surface area contributed by atoms with Crippen LogP contribution in [0.4, 0.5) is 5.69 Å². The highest BCUT2D eigenvalue weighted by Gasteiger charge is 2.25. The van der Waals surface area contributed by atoms with E-state index < -0.39 is 0 Å². The minimum Gasteiger partial charge on any atom is -0.326 e. The first-order valence-electron chi connectivity index (χ1n) is 10.1. The molecule has 5 heteroatoms. The highest BCUT2D eigenvalue weighted by Crippen LogP contribution is 2.33. The van der Waals surface area contributed by atoms with E-state index in [-0.39, 0.29) is 5.91 Å². The molecule has 1 N–H and O–H groups in total. The maximum Gasteiger partial charge on any atom is 0.221 e. The van der Waals surface area contributed by atoms with Gasteiger partial charge in [0, 0.05) is 49.6 Å². The number of likely N-dealkylation sites (tertiary alicyclic amines) is 1. The average molecular weight is 386 g/mol. The van der Waals surface area contributed by atoms with Crippen LogP contribution in [0.25, 0.3) is 11.3 Å². The number of amides is 1. The molecule has 1 aromatic heterocycles. The molecule has 0 saturated carbocycles. The molecule has 1 amide bonds. The molecule has 1 fully saturated rings. The minimum absolute atomic E-state index is 0.0784. The number of piperidine rings is 1. The van der Waals surface area contributed by atoms with Gasteiger partial charge >= 0.3 is 0 Å². The Balaban J connectivity index is 1.57. The van der Waals surface area contributed by atoms with Crippen LogP contribution in [0.1, 0.15) is 36.9 Å². The lowest BCUT2D eigenvalue weighted by Gasteiger charge is -2.33. The van der Waals surface area contributed by atoms with Gasteiger partial charge in [-0.3, -0.25) is 19.7 Å². The van der Waals surface area contributed by atoms with Gasteiger partial charge < -0.3 is 5.32 Å².